The van der Waals surface area contributed by atoms with Crippen LogP contribution < -0.4 is 22.8 Å². The number of methoxy groups -OCH3 is 3. The van der Waals surface area contributed by atoms with Crippen LogP contribution in [0.1, 0.15) is 36.8 Å². The minimum atomic E-state index is -0.376. The van der Waals surface area contributed by atoms with Crippen molar-refractivity contribution < 1.29 is 28.1 Å². The van der Waals surface area contributed by atoms with Gasteiger partial charge in [0.2, 0.25) is 5.75 Å². The van der Waals surface area contributed by atoms with E-state index >= 15 is 0 Å². The highest BCUT2D eigenvalue weighted by Gasteiger charge is 2.48. The fourth-order valence-electron chi connectivity index (χ4n) is 6.20. The van der Waals surface area contributed by atoms with Crippen LogP contribution >= 0.6 is 36.8 Å². The molecule has 2 atom stereocenters. The van der Waals surface area contributed by atoms with E-state index < -0.39 is 0 Å². The zero-order chi connectivity index (χ0) is 32.0. The molecule has 2 aliphatic heterocycles. The summed E-state index contributed by atoms with van der Waals surface area (Å²) in [6.07, 6.45) is 2.79. The zero-order valence-electron chi connectivity index (χ0n) is 27.8. The highest BCUT2D eigenvalue weighted by Crippen LogP contribution is 2.49. The first-order valence-corrected chi connectivity index (χ1v) is 16.4. The lowest BCUT2D eigenvalue weighted by atomic mass is 9.99. The topological polar surface area (TPSA) is 60.5 Å². The average Bonchev–Trinajstić information content (AvgIpc) is 3.06. The highest BCUT2D eigenvalue weighted by molar-refractivity contribution is 7.99. The Hall–Kier alpha value is -2.73. The van der Waals surface area contributed by atoms with Crippen molar-refractivity contribution in [1.82, 2.24) is 13.7 Å². The van der Waals surface area contributed by atoms with Crippen LogP contribution in [0.2, 0.25) is 0 Å². The molecule has 5 rings (SSSR count). The first-order chi connectivity index (χ1) is 21.8. The highest BCUT2D eigenvalue weighted by atomic mass is 35.5. The summed E-state index contributed by atoms with van der Waals surface area (Å²) >= 11 is 1.43. The minimum Gasteiger partial charge on any atom is -0.493 e. The number of hydrogen-bond donors (Lipinski definition) is 0. The van der Waals surface area contributed by atoms with Gasteiger partial charge in [-0.2, -0.15) is 3.89 Å². The predicted molar refractivity (Wildman–Crippen MR) is 192 cm³/mol. The molecule has 2 unspecified atom stereocenters. The number of carbonyl (C=O) groups excluding carboxylic acids is 1. The first-order valence-electron chi connectivity index (χ1n) is 15.6. The lowest BCUT2D eigenvalue weighted by Crippen LogP contribution is -2.48. The Morgan fingerprint density at radius 3 is 2.13 bits per heavy atom. The monoisotopic (exact) mass is 710 g/mol. The van der Waals surface area contributed by atoms with Gasteiger partial charge in [-0.1, -0.05) is 18.2 Å². The number of quaternary nitrogens is 1. The van der Waals surface area contributed by atoms with Gasteiger partial charge >= 0.3 is 5.91 Å². The molecular formula is C35H47Cl2FN3O5S+. The number of hydrogen-bond acceptors (Lipinski definition) is 8. The van der Waals surface area contributed by atoms with E-state index in [2.05, 4.69) is 9.80 Å². The van der Waals surface area contributed by atoms with Gasteiger partial charge in [-0.05, 0) is 74.2 Å². The van der Waals surface area contributed by atoms with Crippen molar-refractivity contribution in [3.05, 3.63) is 71.5 Å². The van der Waals surface area contributed by atoms with E-state index in [1.54, 1.807) is 27.4 Å². The van der Waals surface area contributed by atoms with Gasteiger partial charge in [0.1, 0.15) is 17.8 Å². The Bertz CT molecular complexity index is 1470. The number of unbranched alkanes of at least 4 members (excludes halogenated alkanes) is 1. The van der Waals surface area contributed by atoms with Crippen molar-refractivity contribution >= 4 is 48.4 Å². The molecule has 12 heteroatoms. The van der Waals surface area contributed by atoms with Crippen LogP contribution in [0, 0.1) is 5.82 Å². The number of benzene rings is 3. The molecule has 0 aliphatic carbocycles. The molecule has 47 heavy (non-hydrogen) atoms. The van der Waals surface area contributed by atoms with Gasteiger partial charge in [0.25, 0.3) is 0 Å². The Kier molecular flexibility index (Phi) is 14.5. The third kappa shape index (κ3) is 8.85. The molecule has 2 aliphatic rings. The van der Waals surface area contributed by atoms with Crippen LogP contribution in [0.4, 0.5) is 10.1 Å². The Morgan fingerprint density at radius 2 is 1.49 bits per heavy atom. The normalized spacial score (nSPS) is 19.6. The van der Waals surface area contributed by atoms with Crippen LogP contribution in [0.3, 0.4) is 0 Å². The number of carbonyl (C=O) groups is 1. The third-order valence-electron chi connectivity index (χ3n) is 8.87. The second-order valence-corrected chi connectivity index (χ2v) is 13.1. The van der Waals surface area contributed by atoms with E-state index in [-0.39, 0.29) is 46.3 Å². The number of nitrogens with zero attached hydrogens (tertiary/aromatic N) is 3. The van der Waals surface area contributed by atoms with Gasteiger partial charge in [-0.25, -0.2) is 9.18 Å². The smallest absolute Gasteiger partial charge is 0.337 e. The maximum Gasteiger partial charge on any atom is 0.337 e. The van der Waals surface area contributed by atoms with Crippen molar-refractivity contribution in [2.75, 3.05) is 74.3 Å². The summed E-state index contributed by atoms with van der Waals surface area (Å²) in [5.41, 5.74) is 2.73. The zero-order valence-corrected chi connectivity index (χ0v) is 30.3. The molecule has 3 aromatic carbocycles. The van der Waals surface area contributed by atoms with Crippen molar-refractivity contribution in [2.45, 2.75) is 37.0 Å². The van der Waals surface area contributed by atoms with Crippen molar-refractivity contribution in [3.8, 4) is 23.0 Å². The SMILES string of the molecule is COc1cc(CCN2CCN(CCCCOc3ccc(F)cc3[N+]3(C)Sc4ccccc4C(C)C3=O)CC2)cc(OC)c1OC.Cl.Cl. The summed E-state index contributed by atoms with van der Waals surface area (Å²) in [7, 11) is 6.74. The fraction of sp³-hybridized carbons (Fsp3) is 0.457. The molecule has 3 aromatic rings. The summed E-state index contributed by atoms with van der Waals surface area (Å²) in [6.45, 7) is 8.55. The summed E-state index contributed by atoms with van der Waals surface area (Å²) in [6, 6.07) is 16.5. The molecule has 1 fully saturated rings. The molecule has 0 bridgehead atoms. The van der Waals surface area contributed by atoms with Crippen molar-refractivity contribution in [2.24, 2.45) is 0 Å². The molecule has 258 valence electrons. The number of fused-ring (bicyclic) bond motifs is 1. The van der Waals surface area contributed by atoms with Gasteiger partial charge in [0.15, 0.2) is 22.9 Å². The molecule has 0 saturated carbocycles. The summed E-state index contributed by atoms with van der Waals surface area (Å²) < 4.78 is 37.1. The van der Waals surface area contributed by atoms with Crippen LogP contribution in [0.5, 0.6) is 23.0 Å². The molecule has 0 radical (unpaired) electrons. The minimum absolute atomic E-state index is 0. The van der Waals surface area contributed by atoms with E-state index in [0.717, 1.165) is 74.6 Å². The Morgan fingerprint density at radius 1 is 0.851 bits per heavy atom. The van der Waals surface area contributed by atoms with Crippen LogP contribution in [-0.4, -0.2) is 90.0 Å². The van der Waals surface area contributed by atoms with Gasteiger partial charge < -0.3 is 28.7 Å². The van der Waals surface area contributed by atoms with Crippen molar-refractivity contribution in [3.63, 3.8) is 0 Å². The number of amides is 1. The number of likely N-dealkylation sites (N-methyl/N-ethyl adjacent to an activating group) is 1. The lowest BCUT2D eigenvalue weighted by Gasteiger charge is -2.36. The Labute approximate surface area is 295 Å². The molecular weight excluding hydrogens is 664 g/mol. The number of halogens is 3. The number of piperazine rings is 1. The van der Waals surface area contributed by atoms with Crippen molar-refractivity contribution in [1.29, 1.82) is 0 Å². The quantitative estimate of drug-likeness (QED) is 0.107. The summed E-state index contributed by atoms with van der Waals surface area (Å²) in [5, 5.41) is 0. The van der Waals surface area contributed by atoms with Gasteiger partial charge in [-0.15, -0.1) is 24.8 Å². The lowest BCUT2D eigenvalue weighted by molar-refractivity contribution is -0.126. The fourth-order valence-corrected chi connectivity index (χ4v) is 7.57. The molecule has 1 amide bonds. The van der Waals surface area contributed by atoms with Gasteiger partial charge in [0.05, 0.1) is 45.8 Å². The van der Waals surface area contributed by atoms with Gasteiger partial charge in [0, 0.05) is 38.8 Å². The maximum absolute atomic E-state index is 14.5. The maximum atomic E-state index is 14.5. The van der Waals surface area contributed by atoms with E-state index in [0.29, 0.717) is 35.3 Å². The third-order valence-corrected chi connectivity index (χ3v) is 10.2. The van der Waals surface area contributed by atoms with Crippen LogP contribution in [0.25, 0.3) is 0 Å². The molecule has 1 saturated heterocycles. The standard InChI is InChI=1S/C35H45FN3O5S.2ClH/c1-25-28-10-6-7-11-33(28)45-39(2,35(25)40)29-24-27(36)12-13-30(29)44-21-9-8-15-37-17-19-38(20-18-37)16-14-26-22-31(41-3)34(43-5)32(23-26)42-4;;/h6-7,10-13,22-25H,8-9,14-21H2,1-5H3;2*1H/q+1;;. The van der Waals surface area contributed by atoms with Gasteiger partial charge in [-0.3, -0.25) is 0 Å². The largest absolute Gasteiger partial charge is 0.493 e. The average molecular weight is 712 g/mol. The molecule has 0 aromatic heterocycles. The second-order valence-electron chi connectivity index (χ2n) is 11.7. The molecule has 0 spiro atoms. The summed E-state index contributed by atoms with van der Waals surface area (Å²) in [5.74, 6) is 1.90. The Balaban J connectivity index is 0.00000300. The molecule has 0 N–H and O–H groups in total. The van der Waals surface area contributed by atoms with Crippen LogP contribution in [-0.2, 0) is 11.2 Å². The van der Waals surface area contributed by atoms with Crippen LogP contribution in [0.15, 0.2) is 59.5 Å². The molecule has 2 heterocycles. The predicted octanol–water partition coefficient (Wildman–Crippen LogP) is 7.00. The number of rotatable bonds is 13. The molecule has 8 nitrogen and oxygen atoms in total. The van der Waals surface area contributed by atoms with E-state index in [1.165, 1.54) is 24.1 Å². The second kappa shape index (κ2) is 17.6. The summed E-state index contributed by atoms with van der Waals surface area (Å²) in [4.78, 5) is 19.6. The van der Waals surface area contributed by atoms with E-state index in [1.807, 2.05) is 50.4 Å². The first kappa shape index (κ1) is 38.7. The number of ether oxygens (including phenoxy) is 4. The van der Waals surface area contributed by atoms with E-state index in [4.69, 9.17) is 18.9 Å². The van der Waals surface area contributed by atoms with E-state index in [9.17, 15) is 9.18 Å².